The van der Waals surface area contributed by atoms with Gasteiger partial charge >= 0.3 is 11.9 Å². The van der Waals surface area contributed by atoms with Gasteiger partial charge in [0, 0.05) is 11.8 Å². The van der Waals surface area contributed by atoms with Crippen LogP contribution in [0.3, 0.4) is 0 Å². The van der Waals surface area contributed by atoms with E-state index in [1.54, 1.807) is 0 Å². The Morgan fingerprint density at radius 2 is 1.95 bits per heavy atom. The monoisotopic (exact) mass is 290 g/mol. The number of hydrogen-bond acceptors (Lipinski definition) is 5. The maximum atomic E-state index is 13.8. The van der Waals surface area contributed by atoms with Crippen LogP contribution in [0.1, 0.15) is 20.7 Å². The Kier molecular flexibility index (Phi) is 3.84. The van der Waals surface area contributed by atoms with Gasteiger partial charge in [-0.15, -0.1) is 0 Å². The summed E-state index contributed by atoms with van der Waals surface area (Å²) in [5.74, 6) is -2.92. The molecule has 7 heteroatoms. The highest BCUT2D eigenvalue weighted by atomic mass is 19.1. The minimum absolute atomic E-state index is 0.127. The van der Waals surface area contributed by atoms with Crippen molar-refractivity contribution in [1.82, 2.24) is 4.98 Å². The van der Waals surface area contributed by atoms with E-state index >= 15 is 0 Å². The number of methoxy groups -OCH3 is 1. The zero-order chi connectivity index (χ0) is 15.6. The summed E-state index contributed by atoms with van der Waals surface area (Å²) in [7, 11) is 1.15. The van der Waals surface area contributed by atoms with Crippen LogP contribution in [0.25, 0.3) is 11.1 Å². The third-order valence-electron chi connectivity index (χ3n) is 2.86. The fourth-order valence-electron chi connectivity index (χ4n) is 1.77. The van der Waals surface area contributed by atoms with E-state index in [4.69, 9.17) is 10.8 Å². The zero-order valence-corrected chi connectivity index (χ0v) is 11.0. The second-order valence-corrected chi connectivity index (χ2v) is 4.15. The minimum Gasteiger partial charge on any atom is -0.478 e. The Hall–Kier alpha value is -2.96. The number of nitrogens with zero attached hydrogens (tertiary/aromatic N) is 1. The van der Waals surface area contributed by atoms with Crippen molar-refractivity contribution < 1.29 is 23.8 Å². The van der Waals surface area contributed by atoms with Crippen LogP contribution in [0, 0.1) is 5.82 Å². The summed E-state index contributed by atoms with van der Waals surface area (Å²) < 4.78 is 18.3. The first kappa shape index (κ1) is 14.4. The summed E-state index contributed by atoms with van der Waals surface area (Å²) in [6.45, 7) is 0. The van der Waals surface area contributed by atoms with Gasteiger partial charge in [-0.05, 0) is 23.8 Å². The van der Waals surface area contributed by atoms with Gasteiger partial charge in [0.1, 0.15) is 17.2 Å². The molecule has 21 heavy (non-hydrogen) atoms. The highest BCUT2D eigenvalue weighted by Gasteiger charge is 2.15. The lowest BCUT2D eigenvalue weighted by atomic mass is 10.0. The number of carbonyl (C=O) groups excluding carboxylic acids is 1. The number of carboxylic acid groups (broad SMARTS) is 1. The average molecular weight is 290 g/mol. The number of halogens is 1. The van der Waals surface area contributed by atoms with Gasteiger partial charge in [0.15, 0.2) is 0 Å². The number of hydrogen-bond donors (Lipinski definition) is 2. The molecule has 1 heterocycles. The molecule has 0 saturated carbocycles. The number of pyridine rings is 1. The number of carbonyl (C=O) groups is 2. The number of ether oxygens (including phenoxy) is 1. The van der Waals surface area contributed by atoms with Crippen molar-refractivity contribution in [2.45, 2.75) is 0 Å². The van der Waals surface area contributed by atoms with Crippen molar-refractivity contribution in [3.8, 4) is 11.1 Å². The predicted octanol–water partition coefficient (Wildman–Crippen LogP) is 1.95. The first-order valence-electron chi connectivity index (χ1n) is 5.81. The van der Waals surface area contributed by atoms with Gasteiger partial charge in [-0.3, -0.25) is 0 Å². The normalized spacial score (nSPS) is 10.2. The van der Waals surface area contributed by atoms with Gasteiger partial charge in [0.05, 0.1) is 12.7 Å². The fraction of sp³-hybridized carbons (Fsp3) is 0.0714. The molecule has 0 bridgehead atoms. The second kappa shape index (κ2) is 5.58. The van der Waals surface area contributed by atoms with E-state index in [2.05, 4.69) is 9.72 Å². The van der Waals surface area contributed by atoms with E-state index in [-0.39, 0.29) is 16.9 Å². The number of aromatic carboxylic acids is 1. The third kappa shape index (κ3) is 2.81. The van der Waals surface area contributed by atoms with Gasteiger partial charge < -0.3 is 15.6 Å². The van der Waals surface area contributed by atoms with Gasteiger partial charge in [-0.2, -0.15) is 0 Å². The standard InChI is InChI=1S/C14H11FN2O4/c1-21-14(20)9-3-2-7(5-11(9)15)8-4-10(13(18)19)12(16)17-6-8/h2-6H,1H3,(H2,16,17)(H,18,19). The maximum absolute atomic E-state index is 13.8. The molecule has 0 radical (unpaired) electrons. The Balaban J connectivity index is 2.48. The number of aromatic nitrogens is 1. The highest BCUT2D eigenvalue weighted by Crippen LogP contribution is 2.24. The molecule has 108 valence electrons. The molecule has 0 aliphatic rings. The number of anilines is 1. The van der Waals surface area contributed by atoms with E-state index < -0.39 is 17.8 Å². The Morgan fingerprint density at radius 1 is 1.24 bits per heavy atom. The van der Waals surface area contributed by atoms with Crippen molar-refractivity contribution in [1.29, 1.82) is 0 Å². The quantitative estimate of drug-likeness (QED) is 0.838. The molecule has 0 saturated heterocycles. The predicted molar refractivity (Wildman–Crippen MR) is 72.3 cm³/mol. The van der Waals surface area contributed by atoms with Crippen LogP contribution in [0.15, 0.2) is 30.5 Å². The van der Waals surface area contributed by atoms with Crippen LogP contribution < -0.4 is 5.73 Å². The Bertz CT molecular complexity index is 731. The van der Waals surface area contributed by atoms with Gasteiger partial charge in [0.25, 0.3) is 0 Å². The molecule has 3 N–H and O–H groups in total. The molecule has 0 fully saturated rings. The molecular formula is C14H11FN2O4. The van der Waals surface area contributed by atoms with Crippen molar-refractivity contribution in [3.63, 3.8) is 0 Å². The SMILES string of the molecule is COC(=O)c1ccc(-c2cnc(N)c(C(=O)O)c2)cc1F. The lowest BCUT2D eigenvalue weighted by Gasteiger charge is -2.07. The molecule has 0 aliphatic heterocycles. The molecule has 0 atom stereocenters. The lowest BCUT2D eigenvalue weighted by molar-refractivity contribution is 0.0594. The van der Waals surface area contributed by atoms with Gasteiger partial charge in [-0.1, -0.05) is 6.07 Å². The molecule has 1 aromatic carbocycles. The molecule has 2 rings (SSSR count). The highest BCUT2D eigenvalue weighted by molar-refractivity contribution is 5.94. The van der Waals surface area contributed by atoms with E-state index in [9.17, 15) is 14.0 Å². The van der Waals surface area contributed by atoms with E-state index in [0.29, 0.717) is 11.1 Å². The lowest BCUT2D eigenvalue weighted by Crippen LogP contribution is -2.06. The van der Waals surface area contributed by atoms with Crippen LogP contribution in [0.5, 0.6) is 0 Å². The van der Waals surface area contributed by atoms with Crippen molar-refractivity contribution in [3.05, 3.63) is 47.4 Å². The smallest absolute Gasteiger partial charge is 0.340 e. The number of rotatable bonds is 3. The van der Waals surface area contributed by atoms with E-state index in [1.807, 2.05) is 0 Å². The van der Waals surface area contributed by atoms with Gasteiger partial charge in [0.2, 0.25) is 0 Å². The zero-order valence-electron chi connectivity index (χ0n) is 11.0. The number of esters is 1. The van der Waals surface area contributed by atoms with Crippen LogP contribution in [0.4, 0.5) is 10.2 Å². The van der Waals surface area contributed by atoms with Gasteiger partial charge in [-0.25, -0.2) is 19.0 Å². The van der Waals surface area contributed by atoms with Crippen molar-refractivity contribution in [2.75, 3.05) is 12.8 Å². The van der Waals surface area contributed by atoms with E-state index in [1.165, 1.54) is 24.4 Å². The molecule has 0 unspecified atom stereocenters. The fourth-order valence-corrected chi connectivity index (χ4v) is 1.77. The molecule has 2 aromatic rings. The van der Waals surface area contributed by atoms with Crippen molar-refractivity contribution >= 4 is 17.8 Å². The maximum Gasteiger partial charge on any atom is 0.340 e. The molecular weight excluding hydrogens is 279 g/mol. The minimum atomic E-state index is -1.23. The summed E-state index contributed by atoms with van der Waals surface area (Å²) in [4.78, 5) is 26.1. The number of carboxylic acids is 1. The summed E-state index contributed by atoms with van der Waals surface area (Å²) in [5, 5.41) is 8.99. The second-order valence-electron chi connectivity index (χ2n) is 4.15. The van der Waals surface area contributed by atoms with Crippen LogP contribution >= 0.6 is 0 Å². The van der Waals surface area contributed by atoms with E-state index in [0.717, 1.165) is 13.2 Å². The van der Waals surface area contributed by atoms with Crippen LogP contribution in [-0.4, -0.2) is 29.1 Å². The molecule has 1 aromatic heterocycles. The first-order valence-corrected chi connectivity index (χ1v) is 5.81. The number of benzene rings is 1. The topological polar surface area (TPSA) is 103 Å². The molecule has 6 nitrogen and oxygen atoms in total. The Labute approximate surface area is 119 Å². The average Bonchev–Trinajstić information content (AvgIpc) is 2.46. The summed E-state index contributed by atoms with van der Waals surface area (Å²) in [6.07, 6.45) is 1.33. The van der Waals surface area contributed by atoms with Crippen LogP contribution in [0.2, 0.25) is 0 Å². The summed E-state index contributed by atoms with van der Waals surface area (Å²) in [5.41, 5.74) is 5.81. The van der Waals surface area contributed by atoms with Crippen molar-refractivity contribution in [2.24, 2.45) is 0 Å². The third-order valence-corrected chi connectivity index (χ3v) is 2.86. The first-order chi connectivity index (χ1) is 9.93. The Morgan fingerprint density at radius 3 is 2.52 bits per heavy atom. The molecule has 0 spiro atoms. The van der Waals surface area contributed by atoms with Crippen LogP contribution in [-0.2, 0) is 4.74 Å². The largest absolute Gasteiger partial charge is 0.478 e. The number of nitrogen functional groups attached to an aromatic ring is 1. The summed E-state index contributed by atoms with van der Waals surface area (Å²) in [6, 6.07) is 5.11. The number of nitrogens with two attached hydrogens (primary N) is 1. The molecule has 0 aliphatic carbocycles. The summed E-state index contributed by atoms with van der Waals surface area (Å²) >= 11 is 0. The molecule has 0 amide bonds.